The highest BCUT2D eigenvalue weighted by Crippen LogP contribution is 2.27. The monoisotopic (exact) mass is 264 g/mol. The lowest BCUT2D eigenvalue weighted by atomic mass is 9.99. The fourth-order valence-corrected chi connectivity index (χ4v) is 1.75. The van der Waals surface area contributed by atoms with E-state index < -0.39 is 11.6 Å². The van der Waals surface area contributed by atoms with Crippen molar-refractivity contribution in [2.75, 3.05) is 0 Å². The smallest absolute Gasteiger partial charge is 0.335 e. The molecule has 3 N–H and O–H groups in total. The second kappa shape index (κ2) is 5.89. The van der Waals surface area contributed by atoms with Crippen LogP contribution >= 0.6 is 0 Å². The summed E-state index contributed by atoms with van der Waals surface area (Å²) >= 11 is 0. The Labute approximate surface area is 113 Å². The van der Waals surface area contributed by atoms with E-state index in [1.165, 1.54) is 12.1 Å². The maximum Gasteiger partial charge on any atom is 0.335 e. The van der Waals surface area contributed by atoms with Crippen LogP contribution in [0.1, 0.15) is 49.5 Å². The van der Waals surface area contributed by atoms with Gasteiger partial charge in [-0.15, -0.1) is 0 Å². The van der Waals surface area contributed by atoms with Crippen LogP contribution < -0.4 is 0 Å². The van der Waals surface area contributed by atoms with Gasteiger partial charge in [-0.1, -0.05) is 12.1 Å². The lowest BCUT2D eigenvalue weighted by Gasteiger charge is -2.15. The van der Waals surface area contributed by atoms with Gasteiger partial charge in [0.2, 0.25) is 0 Å². The second-order valence-corrected chi connectivity index (χ2v) is 5.28. The summed E-state index contributed by atoms with van der Waals surface area (Å²) in [7, 11) is 0. The van der Waals surface area contributed by atoms with Crippen LogP contribution in [0.5, 0.6) is 5.75 Å². The first-order valence-electron chi connectivity index (χ1n) is 6.16. The Hall–Kier alpha value is -1.81. The average Bonchev–Trinajstić information content (AvgIpc) is 2.26. The van der Waals surface area contributed by atoms with E-state index in [9.17, 15) is 15.0 Å². The molecule has 0 radical (unpaired) electrons. The number of hydrogen-bond acceptors (Lipinski definition) is 3. The first-order chi connectivity index (χ1) is 8.70. The molecule has 1 rings (SSSR count). The lowest BCUT2D eigenvalue weighted by Crippen LogP contribution is -2.17. The van der Waals surface area contributed by atoms with Crippen LogP contribution in [0.15, 0.2) is 24.3 Å². The highest BCUT2D eigenvalue weighted by molar-refractivity contribution is 5.89. The van der Waals surface area contributed by atoms with Crippen LogP contribution in [0.4, 0.5) is 0 Å². The van der Waals surface area contributed by atoms with Gasteiger partial charge in [0.1, 0.15) is 5.75 Å². The number of benzene rings is 1. The number of carboxylic acid groups (broad SMARTS) is 1. The van der Waals surface area contributed by atoms with Crippen LogP contribution in [0, 0.1) is 0 Å². The van der Waals surface area contributed by atoms with E-state index in [4.69, 9.17) is 5.11 Å². The zero-order valence-electron chi connectivity index (χ0n) is 11.5. The fourth-order valence-electron chi connectivity index (χ4n) is 1.75. The molecule has 0 atom stereocenters. The summed E-state index contributed by atoms with van der Waals surface area (Å²) in [5.41, 5.74) is 0.816. The number of phenolic OH excluding ortho intramolecular Hbond substituents is 1. The van der Waals surface area contributed by atoms with Crippen molar-refractivity contribution in [3.63, 3.8) is 0 Å². The van der Waals surface area contributed by atoms with Gasteiger partial charge in [-0.2, -0.15) is 0 Å². The molecular weight excluding hydrogens is 244 g/mol. The minimum absolute atomic E-state index is 0.0445. The van der Waals surface area contributed by atoms with Crippen molar-refractivity contribution in [1.82, 2.24) is 0 Å². The molecule has 0 aliphatic carbocycles. The topological polar surface area (TPSA) is 77.8 Å². The summed E-state index contributed by atoms with van der Waals surface area (Å²) in [6.45, 7) is 5.34. The first-order valence-corrected chi connectivity index (χ1v) is 6.16. The molecular formula is C15H20O4. The van der Waals surface area contributed by atoms with E-state index in [0.717, 1.165) is 5.57 Å². The number of rotatable bonds is 5. The van der Waals surface area contributed by atoms with Gasteiger partial charge in [-0.3, -0.25) is 0 Å². The quantitative estimate of drug-likeness (QED) is 0.763. The van der Waals surface area contributed by atoms with E-state index in [1.54, 1.807) is 19.9 Å². The molecule has 0 saturated heterocycles. The number of hydrogen-bond donors (Lipinski definition) is 3. The molecule has 0 saturated carbocycles. The predicted octanol–water partition coefficient (Wildman–Crippen LogP) is 3.04. The molecule has 1 aromatic carbocycles. The summed E-state index contributed by atoms with van der Waals surface area (Å²) in [5, 5.41) is 28.2. The zero-order chi connectivity index (χ0) is 14.6. The summed E-state index contributed by atoms with van der Waals surface area (Å²) < 4.78 is 0. The molecule has 0 amide bonds. The molecule has 19 heavy (non-hydrogen) atoms. The van der Waals surface area contributed by atoms with Crippen molar-refractivity contribution in [2.24, 2.45) is 0 Å². The van der Waals surface area contributed by atoms with Gasteiger partial charge >= 0.3 is 5.97 Å². The Morgan fingerprint density at radius 1 is 1.37 bits per heavy atom. The highest BCUT2D eigenvalue weighted by atomic mass is 16.4. The fraction of sp³-hybridized carbons (Fsp3) is 0.400. The van der Waals surface area contributed by atoms with Crippen molar-refractivity contribution in [3.8, 4) is 5.75 Å². The Morgan fingerprint density at radius 2 is 2.00 bits per heavy atom. The molecule has 1 aromatic rings. The summed E-state index contributed by atoms with van der Waals surface area (Å²) in [6.07, 6.45) is 3.24. The van der Waals surface area contributed by atoms with Gasteiger partial charge in [0.05, 0.1) is 11.2 Å². The van der Waals surface area contributed by atoms with Crippen LogP contribution in [-0.4, -0.2) is 26.9 Å². The van der Waals surface area contributed by atoms with Crippen LogP contribution in [0.3, 0.4) is 0 Å². The molecule has 4 heteroatoms. The van der Waals surface area contributed by atoms with Crippen LogP contribution in [-0.2, 0) is 0 Å². The van der Waals surface area contributed by atoms with Crippen LogP contribution in [0.2, 0.25) is 0 Å². The van der Waals surface area contributed by atoms with Gasteiger partial charge in [0.15, 0.2) is 0 Å². The van der Waals surface area contributed by atoms with E-state index in [0.29, 0.717) is 18.4 Å². The van der Waals surface area contributed by atoms with Gasteiger partial charge in [-0.25, -0.2) is 4.79 Å². The largest absolute Gasteiger partial charge is 0.507 e. The van der Waals surface area contributed by atoms with Gasteiger partial charge in [0.25, 0.3) is 0 Å². The second-order valence-electron chi connectivity index (χ2n) is 5.28. The Morgan fingerprint density at radius 3 is 2.47 bits per heavy atom. The highest BCUT2D eigenvalue weighted by Gasteiger charge is 2.12. The number of phenols is 1. The standard InChI is InChI=1S/C15H20O4/c1-10(5-4-8-15(2,3)19)12-7-6-11(14(17)18)9-13(12)16/h5-7,9,16,19H,4,8H2,1-3H3,(H,17,18)/b10-5-. The molecule has 0 fully saturated rings. The minimum Gasteiger partial charge on any atom is -0.507 e. The summed E-state index contributed by atoms with van der Waals surface area (Å²) in [5.74, 6) is -1.11. The normalized spacial score (nSPS) is 12.5. The third-order valence-corrected chi connectivity index (χ3v) is 2.88. The zero-order valence-corrected chi connectivity index (χ0v) is 11.5. The molecule has 104 valence electrons. The lowest BCUT2D eigenvalue weighted by molar-refractivity contribution is 0.0694. The summed E-state index contributed by atoms with van der Waals surface area (Å²) in [6, 6.07) is 4.30. The van der Waals surface area contributed by atoms with Crippen molar-refractivity contribution in [3.05, 3.63) is 35.4 Å². The first kappa shape index (κ1) is 15.2. The van der Waals surface area contributed by atoms with E-state index in [2.05, 4.69) is 0 Å². The van der Waals surface area contributed by atoms with Crippen molar-refractivity contribution < 1.29 is 20.1 Å². The van der Waals surface area contributed by atoms with Crippen molar-refractivity contribution in [1.29, 1.82) is 0 Å². The average molecular weight is 264 g/mol. The molecule has 0 spiro atoms. The molecule has 0 aromatic heterocycles. The third-order valence-electron chi connectivity index (χ3n) is 2.88. The van der Waals surface area contributed by atoms with Crippen LogP contribution in [0.25, 0.3) is 5.57 Å². The number of allylic oxidation sites excluding steroid dienone is 2. The van der Waals surface area contributed by atoms with Gasteiger partial charge < -0.3 is 15.3 Å². The number of aromatic hydroxyl groups is 1. The molecule has 0 heterocycles. The van der Waals surface area contributed by atoms with Gasteiger partial charge in [0, 0.05) is 5.56 Å². The Balaban J connectivity index is 2.85. The van der Waals surface area contributed by atoms with Crippen molar-refractivity contribution in [2.45, 2.75) is 39.2 Å². The number of aromatic carboxylic acids is 1. The predicted molar refractivity (Wildman–Crippen MR) is 74.2 cm³/mol. The maximum absolute atomic E-state index is 10.8. The molecule has 0 aliphatic rings. The van der Waals surface area contributed by atoms with Crippen molar-refractivity contribution >= 4 is 11.5 Å². The molecule has 4 nitrogen and oxygen atoms in total. The SMILES string of the molecule is C/C(=C/CCC(C)(C)O)c1ccc(C(=O)O)cc1O. The van der Waals surface area contributed by atoms with Gasteiger partial charge in [-0.05, 0) is 51.3 Å². The molecule has 0 bridgehead atoms. The van der Waals surface area contributed by atoms with E-state index in [-0.39, 0.29) is 11.3 Å². The Bertz CT molecular complexity index is 495. The minimum atomic E-state index is -1.06. The summed E-state index contributed by atoms with van der Waals surface area (Å²) in [4.78, 5) is 10.8. The third kappa shape index (κ3) is 4.75. The van der Waals surface area contributed by atoms with E-state index in [1.807, 2.05) is 13.0 Å². The molecule has 0 unspecified atom stereocenters. The van der Waals surface area contributed by atoms with E-state index >= 15 is 0 Å². The maximum atomic E-state index is 10.8. The molecule has 0 aliphatic heterocycles. The Kier molecular flexibility index (Phi) is 4.72. The number of aliphatic hydroxyl groups is 1. The number of carbonyl (C=O) groups is 1. The number of carboxylic acids is 1.